The maximum atomic E-state index is 13.3. The molecule has 6 heteroatoms. The van der Waals surface area contributed by atoms with Crippen molar-refractivity contribution in [1.29, 1.82) is 0 Å². The first kappa shape index (κ1) is 18.4. The second-order valence-electron chi connectivity index (χ2n) is 6.27. The maximum Gasteiger partial charge on any atom is 0.254 e. The summed E-state index contributed by atoms with van der Waals surface area (Å²) in [5, 5.41) is 0.672. The van der Waals surface area contributed by atoms with Crippen LogP contribution in [0.1, 0.15) is 22.3 Å². The van der Waals surface area contributed by atoms with Crippen LogP contribution in [-0.4, -0.2) is 47.8 Å². The van der Waals surface area contributed by atoms with Crippen LogP contribution in [0.4, 0.5) is 4.39 Å². The van der Waals surface area contributed by atoms with Crippen LogP contribution in [0, 0.1) is 5.82 Å². The van der Waals surface area contributed by atoms with Crippen LogP contribution in [0.3, 0.4) is 0 Å². The normalized spacial score (nSPS) is 14.4. The van der Waals surface area contributed by atoms with E-state index < -0.39 is 5.82 Å². The molecule has 0 saturated carbocycles. The highest BCUT2D eigenvalue weighted by Crippen LogP contribution is 2.17. The monoisotopic (exact) mass is 374 g/mol. The van der Waals surface area contributed by atoms with Gasteiger partial charge in [-0.05, 0) is 36.2 Å². The van der Waals surface area contributed by atoms with Crippen molar-refractivity contribution >= 4 is 23.4 Å². The predicted molar refractivity (Wildman–Crippen MR) is 98.7 cm³/mol. The van der Waals surface area contributed by atoms with E-state index in [9.17, 15) is 14.0 Å². The Labute approximate surface area is 157 Å². The second kappa shape index (κ2) is 8.32. The molecule has 0 unspecified atom stereocenters. The lowest BCUT2D eigenvalue weighted by atomic mass is 10.1. The van der Waals surface area contributed by atoms with Crippen molar-refractivity contribution in [2.24, 2.45) is 0 Å². The molecule has 0 spiro atoms. The van der Waals surface area contributed by atoms with Crippen molar-refractivity contribution < 1.29 is 14.0 Å². The Morgan fingerprint density at radius 1 is 0.962 bits per heavy atom. The molecule has 136 valence electrons. The summed E-state index contributed by atoms with van der Waals surface area (Å²) in [7, 11) is 0. The molecule has 0 bridgehead atoms. The minimum Gasteiger partial charge on any atom is -0.339 e. The maximum absolute atomic E-state index is 13.3. The molecule has 1 aliphatic rings. The van der Waals surface area contributed by atoms with E-state index in [1.165, 1.54) is 18.2 Å². The molecule has 0 aromatic heterocycles. The Kier molecular flexibility index (Phi) is 5.89. The van der Waals surface area contributed by atoms with Crippen molar-refractivity contribution in [2.75, 3.05) is 26.2 Å². The number of carbonyl (C=O) groups excluding carboxylic acids is 2. The molecule has 0 aliphatic carbocycles. The number of rotatable bonds is 4. The number of aryl methyl sites for hydroxylation is 1. The number of amides is 2. The fourth-order valence-electron chi connectivity index (χ4n) is 3.06. The smallest absolute Gasteiger partial charge is 0.254 e. The van der Waals surface area contributed by atoms with Crippen molar-refractivity contribution in [1.82, 2.24) is 9.80 Å². The molecule has 0 atom stereocenters. The van der Waals surface area contributed by atoms with E-state index in [4.69, 9.17) is 11.6 Å². The van der Waals surface area contributed by atoms with Crippen LogP contribution in [0.25, 0.3) is 0 Å². The van der Waals surface area contributed by atoms with Gasteiger partial charge in [0, 0.05) is 43.2 Å². The fraction of sp³-hybridized carbons (Fsp3) is 0.300. The van der Waals surface area contributed by atoms with Crippen LogP contribution in [0.2, 0.25) is 5.02 Å². The topological polar surface area (TPSA) is 40.6 Å². The zero-order valence-electron chi connectivity index (χ0n) is 14.3. The first-order chi connectivity index (χ1) is 12.5. The highest BCUT2D eigenvalue weighted by Gasteiger charge is 2.24. The van der Waals surface area contributed by atoms with E-state index in [1.54, 1.807) is 15.9 Å². The Bertz CT molecular complexity index is 804. The molecule has 4 nitrogen and oxygen atoms in total. The largest absolute Gasteiger partial charge is 0.339 e. The highest BCUT2D eigenvalue weighted by molar-refractivity contribution is 6.31. The van der Waals surface area contributed by atoms with Crippen molar-refractivity contribution in [3.8, 4) is 0 Å². The quantitative estimate of drug-likeness (QED) is 0.823. The standard InChI is InChI=1S/C20H20ClFN2O2/c21-18-7-2-1-4-15(18)8-9-19(25)23-10-12-24(13-11-23)20(26)16-5-3-6-17(22)14-16/h1-7,14H,8-13H2. The lowest BCUT2D eigenvalue weighted by Gasteiger charge is -2.35. The summed E-state index contributed by atoms with van der Waals surface area (Å²) in [5.41, 5.74) is 1.30. The minimum atomic E-state index is -0.427. The Hall–Kier alpha value is -2.40. The summed E-state index contributed by atoms with van der Waals surface area (Å²) >= 11 is 6.12. The molecule has 1 heterocycles. The van der Waals surface area contributed by atoms with Crippen LogP contribution >= 0.6 is 11.6 Å². The molecule has 2 aromatic rings. The number of piperazine rings is 1. The summed E-state index contributed by atoms with van der Waals surface area (Å²) in [5.74, 6) is -0.570. The summed E-state index contributed by atoms with van der Waals surface area (Å²) < 4.78 is 13.3. The van der Waals surface area contributed by atoms with Gasteiger partial charge in [0.2, 0.25) is 5.91 Å². The molecule has 2 amide bonds. The summed E-state index contributed by atoms with van der Waals surface area (Å²) in [6, 6.07) is 13.2. The third-order valence-corrected chi connectivity index (χ3v) is 4.93. The van der Waals surface area contributed by atoms with Crippen molar-refractivity contribution in [2.45, 2.75) is 12.8 Å². The third kappa shape index (κ3) is 4.41. The van der Waals surface area contributed by atoms with Crippen LogP contribution in [0.15, 0.2) is 48.5 Å². The minimum absolute atomic E-state index is 0.0581. The first-order valence-electron chi connectivity index (χ1n) is 8.60. The Morgan fingerprint density at radius 2 is 1.65 bits per heavy atom. The van der Waals surface area contributed by atoms with Crippen LogP contribution in [-0.2, 0) is 11.2 Å². The molecule has 1 aliphatic heterocycles. The van der Waals surface area contributed by atoms with Gasteiger partial charge < -0.3 is 9.80 Å². The van der Waals surface area contributed by atoms with E-state index in [0.717, 1.165) is 5.56 Å². The van der Waals surface area contributed by atoms with E-state index in [1.807, 2.05) is 24.3 Å². The van der Waals surface area contributed by atoms with Gasteiger partial charge in [0.05, 0.1) is 0 Å². The zero-order valence-corrected chi connectivity index (χ0v) is 15.1. The van der Waals surface area contributed by atoms with Crippen LogP contribution in [0.5, 0.6) is 0 Å². The number of carbonyl (C=O) groups is 2. The molecule has 2 aromatic carbocycles. The summed E-state index contributed by atoms with van der Waals surface area (Å²) in [4.78, 5) is 28.3. The average Bonchev–Trinajstić information content (AvgIpc) is 2.66. The molecule has 3 rings (SSSR count). The Balaban J connectivity index is 1.51. The predicted octanol–water partition coefficient (Wildman–Crippen LogP) is 3.40. The fourth-order valence-corrected chi connectivity index (χ4v) is 3.29. The first-order valence-corrected chi connectivity index (χ1v) is 8.98. The number of nitrogens with zero attached hydrogens (tertiary/aromatic N) is 2. The molecule has 26 heavy (non-hydrogen) atoms. The summed E-state index contributed by atoms with van der Waals surface area (Å²) in [6.07, 6.45) is 0.989. The lowest BCUT2D eigenvalue weighted by Crippen LogP contribution is -2.50. The second-order valence-corrected chi connectivity index (χ2v) is 6.68. The van der Waals surface area contributed by atoms with E-state index in [2.05, 4.69) is 0 Å². The van der Waals surface area contributed by atoms with Gasteiger partial charge in [-0.15, -0.1) is 0 Å². The van der Waals surface area contributed by atoms with E-state index in [-0.39, 0.29) is 11.8 Å². The number of benzene rings is 2. The van der Waals surface area contributed by atoms with E-state index >= 15 is 0 Å². The van der Waals surface area contributed by atoms with Gasteiger partial charge >= 0.3 is 0 Å². The third-order valence-electron chi connectivity index (χ3n) is 4.56. The number of halogens is 2. The van der Waals surface area contributed by atoms with Gasteiger partial charge in [0.25, 0.3) is 5.91 Å². The molecular formula is C20H20ClFN2O2. The van der Waals surface area contributed by atoms with Crippen molar-refractivity contribution in [3.05, 3.63) is 70.5 Å². The number of hydrogen-bond acceptors (Lipinski definition) is 2. The van der Waals surface area contributed by atoms with Gasteiger partial charge in [-0.3, -0.25) is 9.59 Å². The zero-order chi connectivity index (χ0) is 18.5. The van der Waals surface area contributed by atoms with Gasteiger partial charge in [0.15, 0.2) is 0 Å². The van der Waals surface area contributed by atoms with Gasteiger partial charge in [-0.1, -0.05) is 35.9 Å². The van der Waals surface area contributed by atoms with Crippen LogP contribution < -0.4 is 0 Å². The lowest BCUT2D eigenvalue weighted by molar-refractivity contribution is -0.132. The molecule has 1 saturated heterocycles. The summed E-state index contributed by atoms with van der Waals surface area (Å²) in [6.45, 7) is 1.88. The molecule has 0 radical (unpaired) electrons. The Morgan fingerprint density at radius 3 is 2.35 bits per heavy atom. The molecule has 1 fully saturated rings. The number of hydrogen-bond donors (Lipinski definition) is 0. The van der Waals surface area contributed by atoms with Gasteiger partial charge in [0.1, 0.15) is 5.82 Å². The van der Waals surface area contributed by atoms with Gasteiger partial charge in [-0.25, -0.2) is 4.39 Å². The average molecular weight is 375 g/mol. The molecular weight excluding hydrogens is 355 g/mol. The highest BCUT2D eigenvalue weighted by atomic mass is 35.5. The molecule has 0 N–H and O–H groups in total. The van der Waals surface area contributed by atoms with E-state index in [0.29, 0.717) is 49.6 Å². The van der Waals surface area contributed by atoms with Gasteiger partial charge in [-0.2, -0.15) is 0 Å². The van der Waals surface area contributed by atoms with Crippen molar-refractivity contribution in [3.63, 3.8) is 0 Å². The SMILES string of the molecule is O=C(CCc1ccccc1Cl)N1CCN(C(=O)c2cccc(F)c2)CC1.